The molecule has 0 radical (unpaired) electrons. The summed E-state index contributed by atoms with van der Waals surface area (Å²) in [6, 6.07) is -0.596. The van der Waals surface area contributed by atoms with Gasteiger partial charge in [-0.05, 0) is 67.0 Å². The summed E-state index contributed by atoms with van der Waals surface area (Å²) in [7, 11) is 3.79. The number of aliphatic hydroxyl groups excluding tert-OH is 2. The van der Waals surface area contributed by atoms with E-state index in [2.05, 4.69) is 0 Å². The Bertz CT molecular complexity index is 842. The van der Waals surface area contributed by atoms with Crippen LogP contribution in [0.1, 0.15) is 74.7 Å². The Morgan fingerprint density at radius 1 is 1.08 bits per heavy atom. The number of fused-ring (bicyclic) bond motifs is 2. The second-order valence-electron chi connectivity index (χ2n) is 13.3. The minimum absolute atomic E-state index is 0.0542. The number of nitrogens with two attached hydrogens (primary N) is 1. The standard InChI is InChI=1S/C29H54N2O8/c1-11-20-29(8)24(30)18(6)23(39-29)14(2)13-28(7,35)25(16(4)21(32)17(5)26(34)37-20)38-27-22(33)19(31(9)10)12-15(3)36-27/h14-25,27,32-33,35H,11-13,30H2,1-10H3/t14-,15-,16+,17-,18+,19+,20-,21+,22-,23+,24+,25-,27+,28+,29?/m1/s1. The van der Waals surface area contributed by atoms with E-state index in [-0.39, 0.29) is 36.5 Å². The van der Waals surface area contributed by atoms with Gasteiger partial charge >= 0.3 is 5.97 Å². The van der Waals surface area contributed by atoms with Gasteiger partial charge in [-0.3, -0.25) is 4.79 Å². The Labute approximate surface area is 234 Å². The van der Waals surface area contributed by atoms with Crippen molar-refractivity contribution in [2.24, 2.45) is 29.4 Å². The van der Waals surface area contributed by atoms with Crippen LogP contribution < -0.4 is 5.73 Å². The van der Waals surface area contributed by atoms with Gasteiger partial charge in [-0.2, -0.15) is 0 Å². The van der Waals surface area contributed by atoms with Crippen LogP contribution in [0, 0.1) is 23.7 Å². The average molecular weight is 559 g/mol. The van der Waals surface area contributed by atoms with Gasteiger partial charge in [0.2, 0.25) is 0 Å². The third-order valence-electron chi connectivity index (χ3n) is 9.77. The lowest BCUT2D eigenvalue weighted by atomic mass is 9.75. The number of likely N-dealkylation sites (N-methyl/N-ethyl adjacent to an activating group) is 1. The second-order valence-corrected chi connectivity index (χ2v) is 13.3. The van der Waals surface area contributed by atoms with Gasteiger partial charge in [0, 0.05) is 23.9 Å². The van der Waals surface area contributed by atoms with Gasteiger partial charge < -0.3 is 44.9 Å². The molecule has 3 saturated heterocycles. The van der Waals surface area contributed by atoms with Gasteiger partial charge in [-0.1, -0.05) is 27.7 Å². The topological polar surface area (TPSA) is 144 Å². The average Bonchev–Trinajstić information content (AvgIpc) is 3.09. The molecule has 0 aromatic heterocycles. The molecule has 3 aliphatic heterocycles. The Morgan fingerprint density at radius 2 is 1.69 bits per heavy atom. The Balaban J connectivity index is 2.02. The van der Waals surface area contributed by atoms with E-state index >= 15 is 0 Å². The molecule has 2 bridgehead atoms. The first-order chi connectivity index (χ1) is 18.0. The van der Waals surface area contributed by atoms with Crippen LogP contribution in [0.4, 0.5) is 0 Å². The molecule has 1 unspecified atom stereocenters. The fraction of sp³-hybridized carbons (Fsp3) is 0.966. The molecule has 3 fully saturated rings. The molecule has 228 valence electrons. The molecule has 0 aromatic rings. The molecule has 39 heavy (non-hydrogen) atoms. The molecule has 5 N–H and O–H groups in total. The zero-order chi connectivity index (χ0) is 29.6. The number of nitrogens with zero attached hydrogens (tertiary/aromatic N) is 1. The van der Waals surface area contributed by atoms with E-state index in [9.17, 15) is 20.1 Å². The molecular formula is C29H54N2O8. The fourth-order valence-corrected chi connectivity index (χ4v) is 7.28. The van der Waals surface area contributed by atoms with E-state index in [1.807, 2.05) is 53.6 Å². The number of aliphatic hydroxyl groups is 3. The number of ether oxygens (including phenoxy) is 4. The maximum atomic E-state index is 13.3. The summed E-state index contributed by atoms with van der Waals surface area (Å²) < 4.78 is 25.0. The first kappa shape index (κ1) is 32.7. The third kappa shape index (κ3) is 6.33. The molecule has 0 aromatic carbocycles. The lowest BCUT2D eigenvalue weighted by Crippen LogP contribution is -2.59. The third-order valence-corrected chi connectivity index (χ3v) is 9.77. The summed E-state index contributed by atoms with van der Waals surface area (Å²) in [6.45, 7) is 14.8. The Morgan fingerprint density at radius 3 is 2.26 bits per heavy atom. The van der Waals surface area contributed by atoms with Crippen molar-refractivity contribution in [3.8, 4) is 0 Å². The summed E-state index contributed by atoms with van der Waals surface area (Å²) >= 11 is 0. The van der Waals surface area contributed by atoms with Crippen molar-refractivity contribution in [2.45, 2.75) is 141 Å². The predicted octanol–water partition coefficient (Wildman–Crippen LogP) is 1.66. The molecule has 3 heterocycles. The Hall–Kier alpha value is -0.850. The zero-order valence-electron chi connectivity index (χ0n) is 25.5. The predicted molar refractivity (Wildman–Crippen MR) is 147 cm³/mol. The molecule has 15 atom stereocenters. The summed E-state index contributed by atoms with van der Waals surface area (Å²) in [4.78, 5) is 15.3. The van der Waals surface area contributed by atoms with Crippen molar-refractivity contribution < 1.29 is 39.1 Å². The maximum Gasteiger partial charge on any atom is 0.311 e. The molecule has 0 saturated carbocycles. The molecule has 0 spiro atoms. The normalized spacial score (nSPS) is 52.1. The number of esters is 1. The van der Waals surface area contributed by atoms with Crippen LogP contribution in [0.25, 0.3) is 0 Å². The largest absolute Gasteiger partial charge is 0.459 e. The van der Waals surface area contributed by atoms with Gasteiger partial charge in [0.25, 0.3) is 0 Å². The van der Waals surface area contributed by atoms with Crippen molar-refractivity contribution in [3.05, 3.63) is 0 Å². The summed E-state index contributed by atoms with van der Waals surface area (Å²) in [6.07, 6.45) is -3.81. The van der Waals surface area contributed by atoms with Crippen molar-refractivity contribution in [3.63, 3.8) is 0 Å². The van der Waals surface area contributed by atoms with Crippen molar-refractivity contribution in [2.75, 3.05) is 14.1 Å². The van der Waals surface area contributed by atoms with Crippen LogP contribution in [0.2, 0.25) is 0 Å². The minimum atomic E-state index is -1.47. The van der Waals surface area contributed by atoms with Gasteiger partial charge in [-0.15, -0.1) is 0 Å². The number of hydrogen-bond acceptors (Lipinski definition) is 10. The van der Waals surface area contributed by atoms with E-state index in [1.165, 1.54) is 0 Å². The van der Waals surface area contributed by atoms with Gasteiger partial charge in [0.1, 0.15) is 17.8 Å². The quantitative estimate of drug-likeness (QED) is 0.376. The molecule has 3 rings (SSSR count). The van der Waals surface area contributed by atoms with Crippen molar-refractivity contribution in [1.29, 1.82) is 0 Å². The van der Waals surface area contributed by atoms with Crippen molar-refractivity contribution >= 4 is 5.97 Å². The monoisotopic (exact) mass is 558 g/mol. The zero-order valence-corrected chi connectivity index (χ0v) is 25.5. The van der Waals surface area contributed by atoms with Crippen LogP contribution >= 0.6 is 0 Å². The van der Waals surface area contributed by atoms with Gasteiger partial charge in [0.15, 0.2) is 6.29 Å². The minimum Gasteiger partial charge on any atom is -0.459 e. The summed E-state index contributed by atoms with van der Waals surface area (Å²) in [5.74, 6) is -2.36. The SMILES string of the molecule is CC[C@H]1OC(=O)[C@H](C)[C@@H](O)[C@H](C)[C@@H](O[C@@H]2O[C@H](C)C[C@H](N(C)C)[C@H]2O)[C@@](C)(O)C[C@@H](C)[C@@H]2OC1(C)[C@@H](N)[C@H]2C. The second kappa shape index (κ2) is 12.2. The highest BCUT2D eigenvalue weighted by Gasteiger charge is 2.57. The van der Waals surface area contributed by atoms with Gasteiger partial charge in [0.05, 0.1) is 35.9 Å². The maximum absolute atomic E-state index is 13.3. The molecule has 10 nitrogen and oxygen atoms in total. The van der Waals surface area contributed by atoms with Crippen LogP contribution in [-0.2, 0) is 23.7 Å². The molecule has 3 aliphatic rings. The number of rotatable bonds is 4. The van der Waals surface area contributed by atoms with Crippen LogP contribution in [-0.4, -0.2) is 106 Å². The number of cyclic esters (lactones) is 1. The summed E-state index contributed by atoms with van der Waals surface area (Å²) in [5, 5.41) is 34.6. The van der Waals surface area contributed by atoms with Crippen LogP contribution in [0.5, 0.6) is 0 Å². The highest BCUT2D eigenvalue weighted by atomic mass is 16.7. The molecule has 10 heteroatoms. The van der Waals surface area contributed by atoms with Crippen LogP contribution in [0.15, 0.2) is 0 Å². The van der Waals surface area contributed by atoms with Crippen LogP contribution in [0.3, 0.4) is 0 Å². The summed E-state index contributed by atoms with van der Waals surface area (Å²) in [5.41, 5.74) is 4.31. The van der Waals surface area contributed by atoms with E-state index < -0.39 is 65.8 Å². The highest BCUT2D eigenvalue weighted by Crippen LogP contribution is 2.45. The van der Waals surface area contributed by atoms with E-state index in [4.69, 9.17) is 24.7 Å². The molecule has 0 aliphatic carbocycles. The first-order valence-electron chi connectivity index (χ1n) is 14.7. The lowest BCUT2D eigenvalue weighted by Gasteiger charge is -2.46. The molecular weight excluding hydrogens is 504 g/mol. The Kier molecular flexibility index (Phi) is 10.2. The number of carbonyl (C=O) groups is 1. The highest BCUT2D eigenvalue weighted by molar-refractivity contribution is 5.73. The number of hydrogen-bond donors (Lipinski definition) is 4. The van der Waals surface area contributed by atoms with Gasteiger partial charge in [-0.25, -0.2) is 0 Å². The van der Waals surface area contributed by atoms with E-state index in [1.54, 1.807) is 20.8 Å². The number of carbonyl (C=O) groups excluding carboxylic acids is 1. The van der Waals surface area contributed by atoms with E-state index in [0.717, 1.165) is 0 Å². The van der Waals surface area contributed by atoms with E-state index in [0.29, 0.717) is 12.8 Å². The first-order valence-corrected chi connectivity index (χ1v) is 14.7. The lowest BCUT2D eigenvalue weighted by molar-refractivity contribution is -0.299. The fourth-order valence-electron chi connectivity index (χ4n) is 7.28. The van der Waals surface area contributed by atoms with Crippen molar-refractivity contribution in [1.82, 2.24) is 4.90 Å². The molecule has 0 amide bonds. The smallest absolute Gasteiger partial charge is 0.311 e.